The van der Waals surface area contributed by atoms with E-state index in [9.17, 15) is 9.18 Å². The number of piperazine rings is 1. The molecule has 8 heteroatoms. The molecule has 23 heavy (non-hydrogen) atoms. The van der Waals surface area contributed by atoms with Gasteiger partial charge in [-0.25, -0.2) is 14.4 Å². The van der Waals surface area contributed by atoms with Gasteiger partial charge in [-0.3, -0.25) is 4.79 Å². The summed E-state index contributed by atoms with van der Waals surface area (Å²) in [5.41, 5.74) is -0.190. The molecule has 3 rings (SSSR count). The molecule has 0 aliphatic carbocycles. The lowest BCUT2D eigenvalue weighted by molar-refractivity contribution is 0.177. The van der Waals surface area contributed by atoms with E-state index >= 15 is 0 Å². The largest absolute Gasteiger partial charge is 0.377 e. The van der Waals surface area contributed by atoms with Gasteiger partial charge in [-0.15, -0.1) is 0 Å². The molecule has 7 nitrogen and oxygen atoms in total. The molecule has 1 saturated heterocycles. The fourth-order valence-electron chi connectivity index (χ4n) is 2.58. The van der Waals surface area contributed by atoms with Gasteiger partial charge in [-0.05, 0) is 12.1 Å². The molecular formula is C15H18FN5O2. The van der Waals surface area contributed by atoms with Crippen molar-refractivity contribution in [1.29, 1.82) is 0 Å². The third-order valence-electron chi connectivity index (χ3n) is 3.70. The third-order valence-corrected chi connectivity index (χ3v) is 3.70. The van der Waals surface area contributed by atoms with Crippen LogP contribution in [0.1, 0.15) is 5.82 Å². The molecule has 1 aliphatic rings. The Morgan fingerprint density at radius 3 is 2.52 bits per heavy atom. The number of nitrogens with zero attached hydrogens (tertiary/aromatic N) is 4. The first kappa shape index (κ1) is 15.4. The smallest absolute Gasteiger partial charge is 0.253 e. The van der Waals surface area contributed by atoms with Crippen LogP contribution in [-0.4, -0.2) is 48.2 Å². The maximum atomic E-state index is 12.9. The number of H-pyrrole nitrogens is 1. The Labute approximate surface area is 132 Å². The second-order valence-electron chi connectivity index (χ2n) is 5.29. The Balaban J connectivity index is 1.69. The summed E-state index contributed by atoms with van der Waals surface area (Å²) in [5, 5.41) is 0. The van der Waals surface area contributed by atoms with Crippen LogP contribution in [0.5, 0.6) is 0 Å². The van der Waals surface area contributed by atoms with Crippen LogP contribution in [0.3, 0.4) is 0 Å². The molecule has 2 aromatic heterocycles. The molecule has 1 aliphatic heterocycles. The lowest BCUT2D eigenvalue weighted by Crippen LogP contribution is -2.47. The molecule has 0 amide bonds. The number of ether oxygens (including phenoxy) is 1. The Bertz CT molecular complexity index is 711. The zero-order valence-corrected chi connectivity index (χ0v) is 12.8. The van der Waals surface area contributed by atoms with Crippen LogP contribution in [-0.2, 0) is 11.3 Å². The number of nitrogens with one attached hydrogen (secondary N) is 1. The monoisotopic (exact) mass is 319 g/mol. The molecule has 1 fully saturated rings. The van der Waals surface area contributed by atoms with Crippen LogP contribution < -0.4 is 15.4 Å². The zero-order chi connectivity index (χ0) is 16.2. The molecule has 0 saturated carbocycles. The predicted molar refractivity (Wildman–Crippen MR) is 84.2 cm³/mol. The third kappa shape index (κ3) is 3.65. The highest BCUT2D eigenvalue weighted by Gasteiger charge is 2.20. The Kier molecular flexibility index (Phi) is 4.52. The van der Waals surface area contributed by atoms with Gasteiger partial charge in [-0.2, -0.15) is 0 Å². The van der Waals surface area contributed by atoms with Crippen molar-refractivity contribution in [2.24, 2.45) is 0 Å². The van der Waals surface area contributed by atoms with E-state index < -0.39 is 0 Å². The van der Waals surface area contributed by atoms with E-state index in [1.165, 1.54) is 18.3 Å². The lowest BCUT2D eigenvalue weighted by atomic mass is 10.3. The van der Waals surface area contributed by atoms with Crippen LogP contribution >= 0.6 is 0 Å². The number of aromatic amines is 1. The van der Waals surface area contributed by atoms with E-state index in [2.05, 4.69) is 24.8 Å². The quantitative estimate of drug-likeness (QED) is 0.897. The van der Waals surface area contributed by atoms with Crippen molar-refractivity contribution in [3.63, 3.8) is 0 Å². The molecule has 0 bridgehead atoms. The highest BCUT2D eigenvalue weighted by atomic mass is 19.1. The number of hydrogen-bond acceptors (Lipinski definition) is 6. The van der Waals surface area contributed by atoms with Crippen molar-refractivity contribution in [2.45, 2.75) is 6.61 Å². The zero-order valence-electron chi connectivity index (χ0n) is 12.8. The number of methoxy groups -OCH3 is 1. The van der Waals surface area contributed by atoms with E-state index in [0.29, 0.717) is 24.7 Å². The average molecular weight is 319 g/mol. The molecule has 2 aromatic rings. The van der Waals surface area contributed by atoms with Gasteiger partial charge < -0.3 is 19.5 Å². The van der Waals surface area contributed by atoms with Crippen LogP contribution in [0.2, 0.25) is 0 Å². The lowest BCUT2D eigenvalue weighted by Gasteiger charge is -2.36. The SMILES string of the molecule is COCc1nc(N2CCN(c3ccc(F)cn3)CC2)cc(=O)[nH]1. The number of rotatable bonds is 4. The molecule has 122 valence electrons. The first-order valence-corrected chi connectivity index (χ1v) is 7.36. The van der Waals surface area contributed by atoms with Gasteiger partial charge in [0.25, 0.3) is 5.56 Å². The maximum Gasteiger partial charge on any atom is 0.253 e. The second-order valence-corrected chi connectivity index (χ2v) is 5.29. The Morgan fingerprint density at radius 1 is 1.22 bits per heavy atom. The predicted octanol–water partition coefficient (Wildman–Crippen LogP) is 0.777. The number of pyridine rings is 1. The molecule has 1 N–H and O–H groups in total. The summed E-state index contributed by atoms with van der Waals surface area (Å²) in [6.45, 7) is 3.14. The van der Waals surface area contributed by atoms with Gasteiger partial charge in [0, 0.05) is 39.4 Å². The molecule has 0 radical (unpaired) electrons. The molecule has 0 aromatic carbocycles. The number of aromatic nitrogens is 3. The van der Waals surface area contributed by atoms with Crippen LogP contribution in [0.25, 0.3) is 0 Å². The summed E-state index contributed by atoms with van der Waals surface area (Å²) in [7, 11) is 1.56. The van der Waals surface area contributed by atoms with Crippen molar-refractivity contribution >= 4 is 11.6 Å². The fraction of sp³-hybridized carbons (Fsp3) is 0.400. The first-order valence-electron chi connectivity index (χ1n) is 7.36. The second kappa shape index (κ2) is 6.74. The minimum absolute atomic E-state index is 0.190. The van der Waals surface area contributed by atoms with Crippen LogP contribution in [0.15, 0.2) is 29.2 Å². The van der Waals surface area contributed by atoms with Crippen molar-refractivity contribution in [3.8, 4) is 0 Å². The van der Waals surface area contributed by atoms with Gasteiger partial charge in [0.05, 0.1) is 6.20 Å². The maximum absolute atomic E-state index is 12.9. The van der Waals surface area contributed by atoms with Gasteiger partial charge in [0.1, 0.15) is 29.9 Å². The van der Waals surface area contributed by atoms with E-state index in [0.717, 1.165) is 18.9 Å². The van der Waals surface area contributed by atoms with E-state index in [1.54, 1.807) is 13.2 Å². The topological polar surface area (TPSA) is 74.3 Å². The molecular weight excluding hydrogens is 301 g/mol. The number of halogens is 1. The summed E-state index contributed by atoms with van der Waals surface area (Å²) >= 11 is 0. The van der Waals surface area contributed by atoms with Gasteiger partial charge in [-0.1, -0.05) is 0 Å². The standard InChI is InChI=1S/C15H18FN5O2/c1-23-10-12-18-14(8-15(22)19-12)21-6-4-20(5-7-21)13-3-2-11(16)9-17-13/h2-3,8-9H,4-7,10H2,1H3,(H,18,19,22). The highest BCUT2D eigenvalue weighted by molar-refractivity contribution is 5.44. The number of anilines is 2. The normalized spacial score (nSPS) is 15.0. The van der Waals surface area contributed by atoms with Crippen molar-refractivity contribution in [3.05, 3.63) is 46.4 Å². The average Bonchev–Trinajstić information content (AvgIpc) is 2.55. The summed E-state index contributed by atoms with van der Waals surface area (Å²) in [4.78, 5) is 27.0. The minimum Gasteiger partial charge on any atom is -0.377 e. The Morgan fingerprint density at radius 2 is 1.91 bits per heavy atom. The first-order chi connectivity index (χ1) is 11.2. The minimum atomic E-state index is -0.342. The van der Waals surface area contributed by atoms with Gasteiger partial charge in [0.2, 0.25) is 0 Å². The van der Waals surface area contributed by atoms with Crippen molar-refractivity contribution < 1.29 is 9.13 Å². The fourth-order valence-corrected chi connectivity index (χ4v) is 2.58. The van der Waals surface area contributed by atoms with Crippen molar-refractivity contribution in [2.75, 3.05) is 43.1 Å². The summed E-state index contributed by atoms with van der Waals surface area (Å²) < 4.78 is 17.9. The number of hydrogen-bond donors (Lipinski definition) is 1. The van der Waals surface area contributed by atoms with Crippen molar-refractivity contribution in [1.82, 2.24) is 15.0 Å². The van der Waals surface area contributed by atoms with E-state index in [1.807, 2.05) is 0 Å². The molecule has 0 unspecified atom stereocenters. The van der Waals surface area contributed by atoms with E-state index in [-0.39, 0.29) is 18.0 Å². The van der Waals surface area contributed by atoms with Crippen LogP contribution in [0.4, 0.5) is 16.0 Å². The molecule has 0 atom stereocenters. The summed E-state index contributed by atoms with van der Waals surface area (Å²) in [6, 6.07) is 4.57. The highest BCUT2D eigenvalue weighted by Crippen LogP contribution is 2.17. The van der Waals surface area contributed by atoms with Gasteiger partial charge >= 0.3 is 0 Å². The Hall–Kier alpha value is -2.48. The summed E-state index contributed by atoms with van der Waals surface area (Å²) in [6.07, 6.45) is 1.22. The van der Waals surface area contributed by atoms with Gasteiger partial charge in [0.15, 0.2) is 0 Å². The molecule has 0 spiro atoms. The summed E-state index contributed by atoms with van der Waals surface area (Å²) in [5.74, 6) is 1.57. The van der Waals surface area contributed by atoms with E-state index in [4.69, 9.17) is 4.74 Å². The van der Waals surface area contributed by atoms with Crippen LogP contribution in [0, 0.1) is 5.82 Å². The molecule has 3 heterocycles.